The quantitative estimate of drug-likeness (QED) is 0.783. The first kappa shape index (κ1) is 13.3. The van der Waals surface area contributed by atoms with Gasteiger partial charge in [-0.1, -0.05) is 0 Å². The van der Waals surface area contributed by atoms with E-state index in [0.29, 0.717) is 17.8 Å². The molecule has 0 radical (unpaired) electrons. The van der Waals surface area contributed by atoms with Crippen LogP contribution in [-0.2, 0) is 4.74 Å². The van der Waals surface area contributed by atoms with Gasteiger partial charge >= 0.3 is 5.97 Å². The Balaban J connectivity index is 2.21. The summed E-state index contributed by atoms with van der Waals surface area (Å²) in [5.74, 6) is -0.417. The second kappa shape index (κ2) is 5.01. The highest BCUT2D eigenvalue weighted by atomic mass is 16.5. The predicted molar refractivity (Wildman–Crippen MR) is 78.0 cm³/mol. The van der Waals surface area contributed by atoms with Crippen LogP contribution >= 0.6 is 0 Å². The first-order valence-corrected chi connectivity index (χ1v) is 6.62. The number of fused-ring (bicyclic) bond motifs is 3. The lowest BCUT2D eigenvalue weighted by atomic mass is 10.1. The topological polar surface area (TPSA) is 72.1 Å². The number of ether oxygens (including phenoxy) is 1. The first-order chi connectivity index (χ1) is 10.1. The third-order valence-corrected chi connectivity index (χ3v) is 3.20. The van der Waals surface area contributed by atoms with E-state index in [4.69, 9.17) is 4.74 Å². The van der Waals surface area contributed by atoms with E-state index in [1.165, 1.54) is 6.20 Å². The molecule has 2 aromatic rings. The van der Waals surface area contributed by atoms with Gasteiger partial charge < -0.3 is 4.74 Å². The average molecular weight is 285 g/mol. The van der Waals surface area contributed by atoms with Crippen molar-refractivity contribution in [3.8, 4) is 0 Å². The Morgan fingerprint density at radius 3 is 2.95 bits per heavy atom. The molecule has 0 spiro atoms. The lowest BCUT2D eigenvalue weighted by Crippen LogP contribution is -2.09. The number of nitrogens with zero attached hydrogens (tertiary/aromatic N) is 5. The van der Waals surface area contributed by atoms with Crippen LogP contribution in [0.2, 0.25) is 0 Å². The number of aromatic nitrogens is 3. The van der Waals surface area contributed by atoms with E-state index < -0.39 is 5.97 Å². The van der Waals surface area contributed by atoms with Gasteiger partial charge in [0.05, 0.1) is 24.2 Å². The van der Waals surface area contributed by atoms with Crippen molar-refractivity contribution < 1.29 is 9.53 Å². The lowest BCUT2D eigenvalue weighted by Gasteiger charge is -2.07. The van der Waals surface area contributed by atoms with Gasteiger partial charge in [0, 0.05) is 25.0 Å². The van der Waals surface area contributed by atoms with Crippen molar-refractivity contribution in [1.29, 1.82) is 0 Å². The Bertz CT molecular complexity index is 775. The molecule has 0 saturated carbocycles. The van der Waals surface area contributed by atoms with Gasteiger partial charge in [0.15, 0.2) is 5.65 Å². The van der Waals surface area contributed by atoms with Crippen molar-refractivity contribution in [3.63, 3.8) is 0 Å². The minimum absolute atomic E-state index is 0.317. The van der Waals surface area contributed by atoms with E-state index in [1.54, 1.807) is 22.6 Å². The molecule has 108 valence electrons. The van der Waals surface area contributed by atoms with Gasteiger partial charge in [-0.05, 0) is 19.9 Å². The zero-order valence-corrected chi connectivity index (χ0v) is 12.1. The third kappa shape index (κ3) is 2.16. The Morgan fingerprint density at radius 1 is 1.38 bits per heavy atom. The molecule has 0 unspecified atom stereocenters. The Hall–Kier alpha value is -2.70. The molecule has 0 aromatic carbocycles. The number of hydrogen-bond acceptors (Lipinski definition) is 6. The zero-order valence-electron chi connectivity index (χ0n) is 12.1. The summed E-state index contributed by atoms with van der Waals surface area (Å²) in [4.78, 5) is 16.2. The van der Waals surface area contributed by atoms with Crippen molar-refractivity contribution >= 4 is 23.4 Å². The van der Waals surface area contributed by atoms with Crippen molar-refractivity contribution in [2.24, 2.45) is 5.10 Å². The number of rotatable bonds is 2. The van der Waals surface area contributed by atoms with Gasteiger partial charge in [-0.2, -0.15) is 10.2 Å². The molecule has 1 aliphatic rings. The van der Waals surface area contributed by atoms with Crippen LogP contribution in [-0.4, -0.2) is 44.9 Å². The van der Waals surface area contributed by atoms with E-state index in [9.17, 15) is 4.79 Å². The fourth-order valence-electron chi connectivity index (χ4n) is 2.24. The van der Waals surface area contributed by atoms with Crippen LogP contribution in [0.4, 0.5) is 0 Å². The van der Waals surface area contributed by atoms with Gasteiger partial charge in [-0.15, -0.1) is 0 Å². The van der Waals surface area contributed by atoms with Gasteiger partial charge in [0.25, 0.3) is 0 Å². The van der Waals surface area contributed by atoms with E-state index in [1.807, 2.05) is 26.2 Å². The largest absolute Gasteiger partial charge is 0.462 e. The minimum atomic E-state index is -0.417. The van der Waals surface area contributed by atoms with Crippen molar-refractivity contribution in [2.45, 2.75) is 13.8 Å². The van der Waals surface area contributed by atoms with Gasteiger partial charge in [0.1, 0.15) is 5.56 Å². The van der Waals surface area contributed by atoms with E-state index in [0.717, 1.165) is 17.0 Å². The second-order valence-corrected chi connectivity index (χ2v) is 4.65. The Morgan fingerprint density at radius 2 is 2.19 bits per heavy atom. The monoisotopic (exact) mass is 285 g/mol. The smallest absolute Gasteiger partial charge is 0.343 e. The molecule has 0 bridgehead atoms. The second-order valence-electron chi connectivity index (χ2n) is 4.65. The number of carbonyl (C=O) groups is 1. The third-order valence-electron chi connectivity index (χ3n) is 3.20. The van der Waals surface area contributed by atoms with Gasteiger partial charge in [0.2, 0.25) is 0 Å². The molecule has 7 heteroatoms. The molecule has 0 saturated heterocycles. The Labute approximate surface area is 121 Å². The molecule has 0 fully saturated rings. The highest BCUT2D eigenvalue weighted by Gasteiger charge is 2.19. The molecular formula is C14H15N5O2. The molecule has 7 nitrogen and oxygen atoms in total. The van der Waals surface area contributed by atoms with E-state index in [2.05, 4.69) is 15.2 Å². The summed E-state index contributed by atoms with van der Waals surface area (Å²) >= 11 is 0. The summed E-state index contributed by atoms with van der Waals surface area (Å²) in [6.07, 6.45) is 6.92. The molecule has 21 heavy (non-hydrogen) atoms. The fraction of sp³-hybridized carbons (Fsp3) is 0.286. The average Bonchev–Trinajstić information content (AvgIpc) is 2.82. The zero-order chi connectivity index (χ0) is 15.0. The SMILES string of the molecule is CCOC(=O)c1cnn2c3c(cnc12)C(C)=NN(C)C=C3. The number of carbonyl (C=O) groups excluding carboxylic acids is 1. The Kier molecular flexibility index (Phi) is 3.17. The highest BCUT2D eigenvalue weighted by Crippen LogP contribution is 2.19. The highest BCUT2D eigenvalue weighted by molar-refractivity contribution is 6.02. The standard InChI is InChI=1S/C14H15N5O2/c1-4-21-14(20)11-8-16-19-12-5-6-18(3)17-9(2)10(12)7-15-13(11)19/h5-8H,4H2,1-3H3. The van der Waals surface area contributed by atoms with Crippen LogP contribution in [0.5, 0.6) is 0 Å². The summed E-state index contributed by atoms with van der Waals surface area (Å²) in [5.41, 5.74) is 3.39. The van der Waals surface area contributed by atoms with Gasteiger partial charge in [-0.25, -0.2) is 14.3 Å². The maximum absolute atomic E-state index is 11.9. The lowest BCUT2D eigenvalue weighted by molar-refractivity contribution is 0.0528. The summed E-state index contributed by atoms with van der Waals surface area (Å²) in [6, 6.07) is 0. The van der Waals surface area contributed by atoms with E-state index >= 15 is 0 Å². The maximum atomic E-state index is 11.9. The first-order valence-electron chi connectivity index (χ1n) is 6.62. The molecule has 0 atom stereocenters. The summed E-state index contributed by atoms with van der Waals surface area (Å²) in [7, 11) is 1.85. The number of esters is 1. The van der Waals surface area contributed by atoms with Crippen molar-refractivity contribution in [1.82, 2.24) is 19.6 Å². The van der Waals surface area contributed by atoms with Crippen LogP contribution in [0.1, 0.15) is 35.5 Å². The van der Waals surface area contributed by atoms with Gasteiger partial charge in [-0.3, -0.25) is 5.01 Å². The molecule has 3 heterocycles. The fourth-order valence-corrected chi connectivity index (χ4v) is 2.24. The molecule has 2 aromatic heterocycles. The predicted octanol–water partition coefficient (Wildman–Crippen LogP) is 1.55. The van der Waals surface area contributed by atoms with Crippen LogP contribution < -0.4 is 0 Å². The summed E-state index contributed by atoms with van der Waals surface area (Å²) < 4.78 is 6.65. The van der Waals surface area contributed by atoms with Crippen LogP contribution in [0.25, 0.3) is 11.7 Å². The summed E-state index contributed by atoms with van der Waals surface area (Å²) in [6.45, 7) is 3.99. The molecule has 3 rings (SSSR count). The van der Waals surface area contributed by atoms with Crippen molar-refractivity contribution in [3.05, 3.63) is 35.4 Å². The molecular weight excluding hydrogens is 270 g/mol. The molecule has 0 N–H and O–H groups in total. The molecule has 1 aliphatic heterocycles. The van der Waals surface area contributed by atoms with E-state index in [-0.39, 0.29) is 0 Å². The molecule has 0 aliphatic carbocycles. The summed E-state index contributed by atoms with van der Waals surface area (Å²) in [5, 5.41) is 10.4. The van der Waals surface area contributed by atoms with Crippen LogP contribution in [0, 0.1) is 0 Å². The number of hydrogen-bond donors (Lipinski definition) is 0. The minimum Gasteiger partial charge on any atom is -0.462 e. The number of hydrazone groups is 1. The van der Waals surface area contributed by atoms with Crippen LogP contribution in [0.3, 0.4) is 0 Å². The van der Waals surface area contributed by atoms with Crippen LogP contribution in [0.15, 0.2) is 23.7 Å². The van der Waals surface area contributed by atoms with Crippen molar-refractivity contribution in [2.75, 3.05) is 13.7 Å². The molecule has 0 amide bonds. The normalized spacial score (nSPS) is 13.9. The maximum Gasteiger partial charge on any atom is 0.343 e.